The van der Waals surface area contributed by atoms with Gasteiger partial charge in [-0.1, -0.05) is 42.5 Å². The van der Waals surface area contributed by atoms with E-state index in [-0.39, 0.29) is 23.5 Å². The molecule has 7 heteroatoms. The summed E-state index contributed by atoms with van der Waals surface area (Å²) in [5.41, 5.74) is 1.16. The number of hydrogen-bond acceptors (Lipinski definition) is 6. The lowest BCUT2D eigenvalue weighted by atomic mass is 10.0. The van der Waals surface area contributed by atoms with Crippen molar-refractivity contribution in [3.63, 3.8) is 0 Å². The van der Waals surface area contributed by atoms with Crippen molar-refractivity contribution >= 4 is 17.4 Å². The molecule has 7 nitrogen and oxygen atoms in total. The Kier molecular flexibility index (Phi) is 5.99. The Balaban J connectivity index is 1.88. The van der Waals surface area contributed by atoms with Crippen LogP contribution in [0.3, 0.4) is 0 Å². The van der Waals surface area contributed by atoms with Crippen LogP contribution in [0.25, 0.3) is 5.57 Å². The van der Waals surface area contributed by atoms with E-state index in [9.17, 15) is 19.8 Å². The maximum atomic E-state index is 12.6. The van der Waals surface area contributed by atoms with Crippen LogP contribution in [-0.2, 0) is 14.3 Å². The van der Waals surface area contributed by atoms with Crippen molar-refractivity contribution in [2.24, 2.45) is 0 Å². The Morgan fingerprint density at radius 2 is 1.79 bits per heavy atom. The van der Waals surface area contributed by atoms with Gasteiger partial charge < -0.3 is 25.0 Å². The van der Waals surface area contributed by atoms with Gasteiger partial charge in [0.1, 0.15) is 11.3 Å². The second-order valence-corrected chi connectivity index (χ2v) is 6.42. The van der Waals surface area contributed by atoms with Crippen molar-refractivity contribution in [2.45, 2.75) is 13.0 Å². The van der Waals surface area contributed by atoms with Crippen LogP contribution in [0.2, 0.25) is 0 Å². The lowest BCUT2D eigenvalue weighted by Gasteiger charge is -2.17. The maximum absolute atomic E-state index is 12.6. The molecule has 0 aromatic heterocycles. The van der Waals surface area contributed by atoms with Crippen molar-refractivity contribution in [3.05, 3.63) is 82.8 Å². The van der Waals surface area contributed by atoms with Gasteiger partial charge in [-0.3, -0.25) is 4.79 Å². The van der Waals surface area contributed by atoms with Gasteiger partial charge in [-0.25, -0.2) is 4.79 Å². The molecule has 0 spiro atoms. The number of carbonyl (C=O) groups is 2. The Labute approximate surface area is 167 Å². The third kappa shape index (κ3) is 4.14. The number of carbonyl (C=O) groups excluding carboxylic acids is 2. The van der Waals surface area contributed by atoms with Gasteiger partial charge in [-0.05, 0) is 30.2 Å². The molecule has 0 radical (unpaired) electrons. The fourth-order valence-corrected chi connectivity index (χ4v) is 2.96. The molecular weight excluding hydrogens is 374 g/mol. The topological polar surface area (TPSA) is 105 Å². The number of aliphatic hydroxyl groups excluding tert-OH is 2. The van der Waals surface area contributed by atoms with Crippen LogP contribution < -0.4 is 10.1 Å². The molecule has 0 unspecified atom stereocenters. The molecule has 2 aromatic rings. The highest BCUT2D eigenvalue weighted by atomic mass is 16.6. The van der Waals surface area contributed by atoms with Gasteiger partial charge in [0.25, 0.3) is 5.91 Å². The summed E-state index contributed by atoms with van der Waals surface area (Å²) >= 11 is 0. The molecular formula is C22H21NO6. The number of ether oxygens (including phenoxy) is 2. The van der Waals surface area contributed by atoms with Crippen molar-refractivity contribution < 1.29 is 29.3 Å². The number of methoxy groups -OCH3 is 1. The second-order valence-electron chi connectivity index (χ2n) is 6.42. The number of aliphatic hydroxyl groups is 2. The Morgan fingerprint density at radius 1 is 1.14 bits per heavy atom. The smallest absolute Gasteiger partial charge is 0.348 e. The minimum atomic E-state index is -0.753. The number of esters is 1. The number of cyclic esters (lactones) is 1. The van der Waals surface area contributed by atoms with E-state index in [1.165, 1.54) is 14.0 Å². The molecule has 0 bridgehead atoms. The third-order valence-electron chi connectivity index (χ3n) is 4.60. The largest absolute Gasteiger partial charge is 0.504 e. The quantitative estimate of drug-likeness (QED) is 0.513. The number of rotatable bonds is 6. The minimum absolute atomic E-state index is 0.0220. The SMILES string of the molecule is COc1ccc(C2=C(O)/C(=C(/C)C(=O)N[C@H](CO)c3ccccc3)OC2=O)cc1. The van der Waals surface area contributed by atoms with Crippen molar-refractivity contribution in [2.75, 3.05) is 13.7 Å². The van der Waals surface area contributed by atoms with Crippen LogP contribution in [0.15, 0.2) is 71.7 Å². The summed E-state index contributed by atoms with van der Waals surface area (Å²) in [6.45, 7) is 1.13. The molecule has 1 atom stereocenters. The molecule has 1 amide bonds. The molecule has 29 heavy (non-hydrogen) atoms. The van der Waals surface area contributed by atoms with Gasteiger partial charge >= 0.3 is 5.97 Å². The second kappa shape index (κ2) is 8.62. The van der Waals surface area contributed by atoms with Crippen LogP contribution in [0.5, 0.6) is 5.75 Å². The zero-order valence-corrected chi connectivity index (χ0v) is 16.0. The van der Waals surface area contributed by atoms with Gasteiger partial charge in [0.05, 0.1) is 25.3 Å². The van der Waals surface area contributed by atoms with Crippen LogP contribution in [0.4, 0.5) is 0 Å². The first kappa shape index (κ1) is 20.2. The Hall–Kier alpha value is -3.58. The van der Waals surface area contributed by atoms with Crippen molar-refractivity contribution in [1.82, 2.24) is 5.32 Å². The molecule has 2 aromatic carbocycles. The highest BCUT2D eigenvalue weighted by Crippen LogP contribution is 2.34. The van der Waals surface area contributed by atoms with Crippen LogP contribution in [0.1, 0.15) is 24.1 Å². The highest BCUT2D eigenvalue weighted by molar-refractivity contribution is 6.21. The van der Waals surface area contributed by atoms with E-state index in [0.717, 1.165) is 5.56 Å². The maximum Gasteiger partial charge on any atom is 0.348 e. The molecule has 0 saturated carbocycles. The number of benzene rings is 2. The number of hydrogen-bond donors (Lipinski definition) is 3. The van der Waals surface area contributed by atoms with Gasteiger partial charge in [-0.15, -0.1) is 0 Å². The lowest BCUT2D eigenvalue weighted by molar-refractivity contribution is -0.131. The average molecular weight is 395 g/mol. The van der Waals surface area contributed by atoms with E-state index in [1.54, 1.807) is 48.5 Å². The predicted molar refractivity (Wildman–Crippen MR) is 106 cm³/mol. The first-order valence-corrected chi connectivity index (χ1v) is 8.94. The fraction of sp³-hybridized carbons (Fsp3) is 0.182. The van der Waals surface area contributed by atoms with Crippen LogP contribution >= 0.6 is 0 Å². The molecule has 3 rings (SSSR count). The molecule has 0 saturated heterocycles. The molecule has 1 heterocycles. The lowest BCUT2D eigenvalue weighted by Crippen LogP contribution is -2.32. The molecule has 150 valence electrons. The summed E-state index contributed by atoms with van der Waals surface area (Å²) in [7, 11) is 1.52. The Morgan fingerprint density at radius 3 is 2.38 bits per heavy atom. The predicted octanol–water partition coefficient (Wildman–Crippen LogP) is 2.64. The summed E-state index contributed by atoms with van der Waals surface area (Å²) in [6, 6.07) is 14.9. The summed E-state index contributed by atoms with van der Waals surface area (Å²) in [4.78, 5) is 24.9. The molecule has 1 aliphatic heterocycles. The van der Waals surface area contributed by atoms with Crippen LogP contribution in [0, 0.1) is 0 Å². The van der Waals surface area contributed by atoms with E-state index in [2.05, 4.69) is 5.32 Å². The van der Waals surface area contributed by atoms with Crippen molar-refractivity contribution in [3.8, 4) is 5.75 Å². The first-order chi connectivity index (χ1) is 14.0. The van der Waals surface area contributed by atoms with Gasteiger partial charge in [-0.2, -0.15) is 0 Å². The molecule has 0 aliphatic carbocycles. The van der Waals surface area contributed by atoms with E-state index in [1.807, 2.05) is 6.07 Å². The minimum Gasteiger partial charge on any atom is -0.504 e. The zero-order valence-electron chi connectivity index (χ0n) is 16.0. The van der Waals surface area contributed by atoms with Gasteiger partial charge in [0.15, 0.2) is 11.5 Å². The fourth-order valence-electron chi connectivity index (χ4n) is 2.96. The van der Waals surface area contributed by atoms with Crippen LogP contribution in [-0.4, -0.2) is 35.8 Å². The average Bonchev–Trinajstić information content (AvgIpc) is 3.05. The van der Waals surface area contributed by atoms with Gasteiger partial charge in [0.2, 0.25) is 0 Å². The van der Waals surface area contributed by atoms with Crippen molar-refractivity contribution in [1.29, 1.82) is 0 Å². The summed E-state index contributed by atoms with van der Waals surface area (Å²) in [5, 5.41) is 22.8. The third-order valence-corrected chi connectivity index (χ3v) is 4.60. The van der Waals surface area contributed by atoms with E-state index in [4.69, 9.17) is 9.47 Å². The summed E-state index contributed by atoms with van der Waals surface area (Å²) in [6.07, 6.45) is 0. The van der Waals surface area contributed by atoms with E-state index in [0.29, 0.717) is 11.3 Å². The first-order valence-electron chi connectivity index (χ1n) is 8.94. The summed E-state index contributed by atoms with van der Waals surface area (Å²) in [5.74, 6) is -1.34. The zero-order chi connectivity index (χ0) is 21.0. The summed E-state index contributed by atoms with van der Waals surface area (Å²) < 4.78 is 10.2. The number of nitrogens with one attached hydrogen (secondary N) is 1. The molecule has 0 fully saturated rings. The molecule has 3 N–H and O–H groups in total. The highest BCUT2D eigenvalue weighted by Gasteiger charge is 2.34. The monoisotopic (exact) mass is 395 g/mol. The Bertz CT molecular complexity index is 976. The van der Waals surface area contributed by atoms with E-state index < -0.39 is 23.7 Å². The normalized spacial score (nSPS) is 16.3. The number of amides is 1. The van der Waals surface area contributed by atoms with E-state index >= 15 is 0 Å². The standard InChI is InChI=1S/C22H21NO6/c1-13(21(26)23-17(12-24)14-6-4-3-5-7-14)20-19(25)18(22(27)29-20)15-8-10-16(28-2)11-9-15/h3-11,17,24-25H,12H2,1-2H3,(H,23,26)/b20-13+/t17-/m1/s1. The van der Waals surface area contributed by atoms with Gasteiger partial charge in [0, 0.05) is 0 Å². The molecule has 1 aliphatic rings.